The lowest BCUT2D eigenvalue weighted by Gasteiger charge is -2.15. The van der Waals surface area contributed by atoms with Crippen molar-refractivity contribution in [1.82, 2.24) is 4.98 Å². The molecule has 0 atom stereocenters. The molecule has 0 N–H and O–H groups in total. The summed E-state index contributed by atoms with van der Waals surface area (Å²) in [6.45, 7) is 4.31. The van der Waals surface area contributed by atoms with Crippen molar-refractivity contribution in [3.63, 3.8) is 0 Å². The average Bonchev–Trinajstić information content (AvgIpc) is 2.39. The molecule has 0 aliphatic heterocycles. The van der Waals surface area contributed by atoms with Crippen LogP contribution in [0.15, 0.2) is 30.3 Å². The minimum Gasteiger partial charge on any atom is -0.248 e. The lowest BCUT2D eigenvalue weighted by molar-refractivity contribution is 0.739. The highest BCUT2D eigenvalue weighted by atomic mass is 14.7. The first-order chi connectivity index (χ1) is 8.74. The van der Waals surface area contributed by atoms with Crippen LogP contribution in [-0.2, 0) is 0 Å². The molecule has 0 bridgehead atoms. The second-order valence-electron chi connectivity index (χ2n) is 5.33. The molecule has 1 aromatic heterocycles. The standard InChI is InChI=1S/C17H19N/c1-12-8-9-16-15(10-12)11-13(2)17(18-16)14-6-4-3-5-7-14/h6,8-11H,3-5,7H2,1-2H3. The second kappa shape index (κ2) is 4.56. The number of hydrogen-bond acceptors (Lipinski definition) is 1. The van der Waals surface area contributed by atoms with Gasteiger partial charge in [-0.25, -0.2) is 4.98 Å². The van der Waals surface area contributed by atoms with E-state index in [4.69, 9.17) is 4.98 Å². The Morgan fingerprint density at radius 1 is 1.06 bits per heavy atom. The highest BCUT2D eigenvalue weighted by Gasteiger charge is 2.11. The Hall–Kier alpha value is -1.63. The van der Waals surface area contributed by atoms with Gasteiger partial charge in [0.2, 0.25) is 0 Å². The molecule has 0 amide bonds. The van der Waals surface area contributed by atoms with E-state index < -0.39 is 0 Å². The molecule has 0 fully saturated rings. The van der Waals surface area contributed by atoms with E-state index in [1.807, 2.05) is 0 Å². The average molecular weight is 237 g/mol. The summed E-state index contributed by atoms with van der Waals surface area (Å²) in [5.41, 5.74) is 6.38. The van der Waals surface area contributed by atoms with E-state index in [0.717, 1.165) is 5.52 Å². The van der Waals surface area contributed by atoms with Crippen molar-refractivity contribution in [3.05, 3.63) is 47.2 Å². The fourth-order valence-corrected chi connectivity index (χ4v) is 2.78. The summed E-state index contributed by atoms with van der Waals surface area (Å²) in [5, 5.41) is 1.26. The Labute approximate surface area is 109 Å². The van der Waals surface area contributed by atoms with E-state index in [2.05, 4.69) is 44.2 Å². The van der Waals surface area contributed by atoms with E-state index in [1.54, 1.807) is 0 Å². The van der Waals surface area contributed by atoms with E-state index in [0.29, 0.717) is 0 Å². The van der Waals surface area contributed by atoms with E-state index in [9.17, 15) is 0 Å². The Bertz CT molecular complexity index is 623. The first-order valence-electron chi connectivity index (χ1n) is 6.81. The van der Waals surface area contributed by atoms with Crippen molar-refractivity contribution in [2.45, 2.75) is 39.5 Å². The number of hydrogen-bond donors (Lipinski definition) is 0. The summed E-state index contributed by atoms with van der Waals surface area (Å²) in [6, 6.07) is 8.77. The number of allylic oxidation sites excluding steroid dienone is 2. The fourth-order valence-electron chi connectivity index (χ4n) is 2.78. The Balaban J connectivity index is 2.15. The quantitative estimate of drug-likeness (QED) is 0.693. The molecule has 1 aromatic carbocycles. The van der Waals surface area contributed by atoms with Gasteiger partial charge in [0, 0.05) is 5.39 Å². The van der Waals surface area contributed by atoms with Crippen molar-refractivity contribution in [3.8, 4) is 0 Å². The van der Waals surface area contributed by atoms with Gasteiger partial charge in [0.25, 0.3) is 0 Å². The maximum atomic E-state index is 4.87. The smallest absolute Gasteiger partial charge is 0.0709 e. The van der Waals surface area contributed by atoms with Gasteiger partial charge >= 0.3 is 0 Å². The number of benzene rings is 1. The predicted octanol–water partition coefficient (Wildman–Crippen LogP) is 4.81. The summed E-state index contributed by atoms with van der Waals surface area (Å²) >= 11 is 0. The third kappa shape index (κ3) is 2.05. The topological polar surface area (TPSA) is 12.9 Å². The minimum absolute atomic E-state index is 1.12. The van der Waals surface area contributed by atoms with Crippen LogP contribution in [0, 0.1) is 13.8 Å². The summed E-state index contributed by atoms with van der Waals surface area (Å²) in [5.74, 6) is 0. The van der Waals surface area contributed by atoms with E-state index in [1.165, 1.54) is 53.5 Å². The molecule has 1 aliphatic rings. The Morgan fingerprint density at radius 3 is 2.72 bits per heavy atom. The molecule has 18 heavy (non-hydrogen) atoms. The largest absolute Gasteiger partial charge is 0.248 e. The molecule has 92 valence electrons. The van der Waals surface area contributed by atoms with Crippen molar-refractivity contribution in [2.75, 3.05) is 0 Å². The van der Waals surface area contributed by atoms with Crippen molar-refractivity contribution in [2.24, 2.45) is 0 Å². The van der Waals surface area contributed by atoms with Gasteiger partial charge in [-0.1, -0.05) is 17.7 Å². The molecule has 0 saturated heterocycles. The van der Waals surface area contributed by atoms with Gasteiger partial charge in [0.15, 0.2) is 0 Å². The monoisotopic (exact) mass is 237 g/mol. The lowest BCUT2D eigenvalue weighted by atomic mass is 9.94. The van der Waals surface area contributed by atoms with Crippen LogP contribution in [0.5, 0.6) is 0 Å². The maximum absolute atomic E-state index is 4.87. The van der Waals surface area contributed by atoms with Gasteiger partial charge in [-0.05, 0) is 68.9 Å². The molecule has 0 saturated carbocycles. The van der Waals surface area contributed by atoms with Crippen LogP contribution in [0.25, 0.3) is 16.5 Å². The molecule has 1 heteroatoms. The van der Waals surface area contributed by atoms with E-state index >= 15 is 0 Å². The summed E-state index contributed by atoms with van der Waals surface area (Å²) in [7, 11) is 0. The molecule has 2 aromatic rings. The number of fused-ring (bicyclic) bond motifs is 1. The Kier molecular flexibility index (Phi) is 2.91. The predicted molar refractivity (Wildman–Crippen MR) is 77.7 cm³/mol. The van der Waals surface area contributed by atoms with Gasteiger partial charge in [-0.15, -0.1) is 0 Å². The highest BCUT2D eigenvalue weighted by Crippen LogP contribution is 2.29. The number of nitrogens with zero attached hydrogens (tertiary/aromatic N) is 1. The molecule has 0 spiro atoms. The zero-order valence-electron chi connectivity index (χ0n) is 11.2. The third-order valence-electron chi connectivity index (χ3n) is 3.76. The molecule has 3 rings (SSSR count). The van der Waals surface area contributed by atoms with Crippen LogP contribution in [0.2, 0.25) is 0 Å². The molecule has 1 heterocycles. The van der Waals surface area contributed by atoms with Crippen LogP contribution in [0.3, 0.4) is 0 Å². The lowest BCUT2D eigenvalue weighted by Crippen LogP contribution is -1.98. The zero-order chi connectivity index (χ0) is 12.5. The van der Waals surface area contributed by atoms with Gasteiger partial charge in [0.1, 0.15) is 0 Å². The van der Waals surface area contributed by atoms with Crippen LogP contribution in [0.4, 0.5) is 0 Å². The molecule has 1 nitrogen and oxygen atoms in total. The molecule has 1 aliphatic carbocycles. The SMILES string of the molecule is Cc1ccc2nc(C3=CCCCC3)c(C)cc2c1. The summed E-state index contributed by atoms with van der Waals surface area (Å²) in [6.07, 6.45) is 7.40. The fraction of sp³-hybridized carbons (Fsp3) is 0.353. The van der Waals surface area contributed by atoms with Crippen LogP contribution in [-0.4, -0.2) is 4.98 Å². The van der Waals surface area contributed by atoms with Gasteiger partial charge in [0.05, 0.1) is 11.2 Å². The third-order valence-corrected chi connectivity index (χ3v) is 3.76. The maximum Gasteiger partial charge on any atom is 0.0709 e. The second-order valence-corrected chi connectivity index (χ2v) is 5.33. The van der Waals surface area contributed by atoms with Crippen LogP contribution >= 0.6 is 0 Å². The van der Waals surface area contributed by atoms with Gasteiger partial charge in [-0.2, -0.15) is 0 Å². The van der Waals surface area contributed by atoms with Gasteiger partial charge < -0.3 is 0 Å². The van der Waals surface area contributed by atoms with Crippen LogP contribution < -0.4 is 0 Å². The molecular weight excluding hydrogens is 218 g/mol. The normalized spacial score (nSPS) is 15.8. The van der Waals surface area contributed by atoms with Crippen molar-refractivity contribution < 1.29 is 0 Å². The summed E-state index contributed by atoms with van der Waals surface area (Å²) in [4.78, 5) is 4.87. The first-order valence-corrected chi connectivity index (χ1v) is 6.81. The first kappa shape index (κ1) is 11.5. The van der Waals surface area contributed by atoms with Crippen molar-refractivity contribution in [1.29, 1.82) is 0 Å². The number of rotatable bonds is 1. The summed E-state index contributed by atoms with van der Waals surface area (Å²) < 4.78 is 0. The van der Waals surface area contributed by atoms with E-state index in [-0.39, 0.29) is 0 Å². The van der Waals surface area contributed by atoms with Gasteiger partial charge in [-0.3, -0.25) is 0 Å². The highest BCUT2D eigenvalue weighted by molar-refractivity contribution is 5.83. The van der Waals surface area contributed by atoms with Crippen LogP contribution in [0.1, 0.15) is 42.5 Å². The Morgan fingerprint density at radius 2 is 1.94 bits per heavy atom. The molecular formula is C17H19N. The number of aryl methyl sites for hydroxylation is 2. The zero-order valence-corrected chi connectivity index (χ0v) is 11.2. The molecule has 0 unspecified atom stereocenters. The molecule has 0 radical (unpaired) electrons. The number of aromatic nitrogens is 1. The minimum atomic E-state index is 1.12. The van der Waals surface area contributed by atoms with Crippen molar-refractivity contribution >= 4 is 16.5 Å². The number of pyridine rings is 1.